The van der Waals surface area contributed by atoms with Crippen LogP contribution in [0.2, 0.25) is 0 Å². The average Bonchev–Trinajstić information content (AvgIpc) is 2.99. The van der Waals surface area contributed by atoms with Crippen molar-refractivity contribution in [3.05, 3.63) is 29.8 Å². The quantitative estimate of drug-likeness (QED) is 0.307. The Hall–Kier alpha value is -4.49. The van der Waals surface area contributed by atoms with Gasteiger partial charge in [-0.3, -0.25) is 29.4 Å². The van der Waals surface area contributed by atoms with E-state index in [1.165, 1.54) is 12.1 Å². The van der Waals surface area contributed by atoms with Gasteiger partial charge in [-0.15, -0.1) is 0 Å². The van der Waals surface area contributed by atoms with Gasteiger partial charge in [-0.1, -0.05) is 13.8 Å². The lowest BCUT2D eigenvalue weighted by Gasteiger charge is -2.42. The lowest BCUT2D eigenvalue weighted by atomic mass is 10.1. The molecule has 0 aliphatic carbocycles. The number of benzene rings is 1. The minimum absolute atomic E-state index is 0.117. The normalized spacial score (nSPS) is 18.1. The zero-order valence-corrected chi connectivity index (χ0v) is 21.7. The van der Waals surface area contributed by atoms with E-state index in [0.29, 0.717) is 18.5 Å². The van der Waals surface area contributed by atoms with Crippen molar-refractivity contribution < 1.29 is 38.7 Å². The average molecular weight is 545 g/mol. The summed E-state index contributed by atoms with van der Waals surface area (Å²) in [5.41, 5.74) is 3.16. The molecule has 14 nitrogen and oxygen atoms in total. The first-order valence-corrected chi connectivity index (χ1v) is 12.6. The van der Waals surface area contributed by atoms with Crippen molar-refractivity contribution in [1.82, 2.24) is 25.8 Å². The zero-order chi connectivity index (χ0) is 28.7. The Morgan fingerprint density at radius 2 is 1.77 bits per heavy atom. The van der Waals surface area contributed by atoms with E-state index in [1.807, 2.05) is 13.8 Å². The van der Waals surface area contributed by atoms with Gasteiger partial charge in [0, 0.05) is 30.6 Å². The number of carbonyl (C=O) groups is 7. The van der Waals surface area contributed by atoms with Crippen molar-refractivity contribution in [3.8, 4) is 0 Å². The van der Waals surface area contributed by atoms with Crippen LogP contribution in [0, 0.1) is 5.92 Å². The molecule has 2 atom stereocenters. The molecule has 0 aromatic heterocycles. The largest absolute Gasteiger partial charge is 0.481 e. The number of aldehydes is 1. The number of rotatable bonds is 10. The molecule has 1 aromatic rings. The number of urea groups is 1. The summed E-state index contributed by atoms with van der Waals surface area (Å²) in [6.07, 6.45) is 0.431. The van der Waals surface area contributed by atoms with Crippen molar-refractivity contribution >= 4 is 47.6 Å². The van der Waals surface area contributed by atoms with Crippen LogP contribution in [0.25, 0.3) is 0 Å². The van der Waals surface area contributed by atoms with E-state index in [0.717, 1.165) is 15.0 Å². The Labute approximate surface area is 224 Å². The monoisotopic (exact) mass is 544 g/mol. The molecule has 1 aromatic carbocycles. The highest BCUT2D eigenvalue weighted by molar-refractivity contribution is 5.98. The molecule has 2 saturated heterocycles. The number of carboxylic acid groups (broad SMARTS) is 1. The third-order valence-corrected chi connectivity index (χ3v) is 6.12. The van der Waals surface area contributed by atoms with E-state index >= 15 is 0 Å². The summed E-state index contributed by atoms with van der Waals surface area (Å²) in [6, 6.07) is 2.71. The van der Waals surface area contributed by atoms with Crippen LogP contribution in [0.1, 0.15) is 56.3 Å². The molecule has 2 aliphatic heterocycles. The van der Waals surface area contributed by atoms with E-state index in [4.69, 9.17) is 5.11 Å². The van der Waals surface area contributed by atoms with Crippen molar-refractivity contribution in [2.75, 3.05) is 18.4 Å². The molecule has 0 bridgehead atoms. The predicted molar refractivity (Wildman–Crippen MR) is 136 cm³/mol. The molecule has 0 saturated carbocycles. The Kier molecular flexibility index (Phi) is 9.57. The highest BCUT2D eigenvalue weighted by Gasteiger charge is 2.44. The highest BCUT2D eigenvalue weighted by atomic mass is 16.4. The Bertz CT molecular complexity index is 1140. The molecule has 2 unspecified atom stereocenters. The molecule has 2 heterocycles. The summed E-state index contributed by atoms with van der Waals surface area (Å²) in [5.74, 6) is -3.14. The third kappa shape index (κ3) is 7.52. The van der Waals surface area contributed by atoms with Crippen LogP contribution in [-0.4, -0.2) is 87.2 Å². The fraction of sp³-hybridized carbons (Fsp3) is 0.480. The van der Waals surface area contributed by atoms with Gasteiger partial charge in [0.2, 0.25) is 17.7 Å². The number of carboxylic acids is 1. The third-order valence-electron chi connectivity index (χ3n) is 6.12. The van der Waals surface area contributed by atoms with Crippen LogP contribution < -0.4 is 16.1 Å². The number of hydrogen-bond donors (Lipinski definition) is 4. The molecule has 2 aliphatic rings. The summed E-state index contributed by atoms with van der Waals surface area (Å²) in [6.45, 7) is 3.87. The van der Waals surface area contributed by atoms with Crippen molar-refractivity contribution in [1.29, 1.82) is 0 Å². The van der Waals surface area contributed by atoms with Gasteiger partial charge in [-0.2, -0.15) is 0 Å². The lowest BCUT2D eigenvalue weighted by Crippen LogP contribution is -2.64. The summed E-state index contributed by atoms with van der Waals surface area (Å²) < 4.78 is 0. The topological polar surface area (TPSA) is 186 Å². The van der Waals surface area contributed by atoms with Crippen LogP contribution in [0.15, 0.2) is 24.3 Å². The van der Waals surface area contributed by atoms with Crippen LogP contribution in [-0.2, 0) is 24.0 Å². The maximum atomic E-state index is 13.5. The van der Waals surface area contributed by atoms with Crippen LogP contribution >= 0.6 is 0 Å². The summed E-state index contributed by atoms with van der Waals surface area (Å²) in [7, 11) is 0. The first-order chi connectivity index (χ1) is 18.5. The van der Waals surface area contributed by atoms with Gasteiger partial charge in [0.05, 0.1) is 19.0 Å². The minimum Gasteiger partial charge on any atom is -0.481 e. The van der Waals surface area contributed by atoms with Crippen LogP contribution in [0.4, 0.5) is 10.5 Å². The second-order valence-electron chi connectivity index (χ2n) is 9.72. The van der Waals surface area contributed by atoms with E-state index in [9.17, 15) is 33.6 Å². The van der Waals surface area contributed by atoms with Crippen LogP contribution in [0.5, 0.6) is 0 Å². The van der Waals surface area contributed by atoms with Gasteiger partial charge >= 0.3 is 12.0 Å². The van der Waals surface area contributed by atoms with Gasteiger partial charge in [0.1, 0.15) is 12.3 Å². The Morgan fingerprint density at radius 3 is 2.38 bits per heavy atom. The molecule has 0 radical (unpaired) electrons. The SMILES string of the molecule is CC(C)CC(=O)Nc1ccc(C(=O)NN2CCC(=O)N3CCCC(C(=O)NC(C=O)CC(=O)O)N3C2=O)cc1. The van der Waals surface area contributed by atoms with Gasteiger partial charge in [-0.25, -0.2) is 19.8 Å². The number of hydrazine groups is 2. The Balaban J connectivity index is 1.73. The predicted octanol–water partition coefficient (Wildman–Crippen LogP) is 0.508. The number of carbonyl (C=O) groups excluding carboxylic acids is 6. The maximum Gasteiger partial charge on any atom is 0.358 e. The van der Waals surface area contributed by atoms with E-state index in [2.05, 4.69) is 16.1 Å². The molecular formula is C25H32N6O8. The molecule has 0 spiro atoms. The number of aliphatic carboxylic acids is 1. The standard InChI is InChI=1S/C25H32N6O8/c1-15(2)12-20(33)26-17-7-5-16(6-8-17)23(37)28-29-11-9-21(34)30-10-3-4-19(31(30)25(29)39)24(38)27-18(14-32)13-22(35)36/h5-8,14-15,18-19H,3-4,9-13H2,1-2H3,(H,26,33)(H,27,38)(H,28,37)(H,35,36). The van der Waals surface area contributed by atoms with E-state index in [1.54, 1.807) is 12.1 Å². The minimum atomic E-state index is -1.31. The summed E-state index contributed by atoms with van der Waals surface area (Å²) in [5, 5.41) is 17.0. The fourth-order valence-electron chi connectivity index (χ4n) is 4.29. The van der Waals surface area contributed by atoms with Gasteiger partial charge in [0.15, 0.2) is 0 Å². The van der Waals surface area contributed by atoms with Crippen molar-refractivity contribution in [3.63, 3.8) is 0 Å². The fourth-order valence-corrected chi connectivity index (χ4v) is 4.29. The van der Waals surface area contributed by atoms with Gasteiger partial charge in [0.25, 0.3) is 5.91 Å². The zero-order valence-electron chi connectivity index (χ0n) is 21.7. The van der Waals surface area contributed by atoms with E-state index in [-0.39, 0.29) is 49.6 Å². The van der Waals surface area contributed by atoms with Crippen LogP contribution in [0.3, 0.4) is 0 Å². The molecule has 6 amide bonds. The van der Waals surface area contributed by atoms with Gasteiger partial charge < -0.3 is 20.5 Å². The Morgan fingerprint density at radius 1 is 1.08 bits per heavy atom. The molecule has 14 heteroatoms. The summed E-state index contributed by atoms with van der Waals surface area (Å²) in [4.78, 5) is 86.3. The number of nitrogens with one attached hydrogen (secondary N) is 3. The number of fused-ring (bicyclic) bond motifs is 1. The first-order valence-electron chi connectivity index (χ1n) is 12.6. The molecule has 39 heavy (non-hydrogen) atoms. The van der Waals surface area contributed by atoms with E-state index < -0.39 is 48.2 Å². The highest BCUT2D eigenvalue weighted by Crippen LogP contribution is 2.24. The number of anilines is 1. The molecular weight excluding hydrogens is 512 g/mol. The van der Waals surface area contributed by atoms with Gasteiger partial charge in [-0.05, 0) is 43.0 Å². The molecule has 210 valence electrons. The molecule has 4 N–H and O–H groups in total. The number of nitrogens with zero attached hydrogens (tertiary/aromatic N) is 3. The molecule has 3 rings (SSSR count). The maximum absolute atomic E-state index is 13.5. The second-order valence-corrected chi connectivity index (χ2v) is 9.72. The lowest BCUT2D eigenvalue weighted by molar-refractivity contribution is -0.155. The summed E-state index contributed by atoms with van der Waals surface area (Å²) >= 11 is 0. The van der Waals surface area contributed by atoms with Crippen molar-refractivity contribution in [2.24, 2.45) is 5.92 Å². The molecule has 2 fully saturated rings. The number of hydrogen-bond acceptors (Lipinski definition) is 7. The second kappa shape index (κ2) is 12.8. The first kappa shape index (κ1) is 29.1. The van der Waals surface area contributed by atoms with Crippen molar-refractivity contribution in [2.45, 2.75) is 58.0 Å². The number of amides is 6. The smallest absolute Gasteiger partial charge is 0.358 e.